The third kappa shape index (κ3) is 9.64. The van der Waals surface area contributed by atoms with Crippen LogP contribution in [0.25, 0.3) is 0 Å². The summed E-state index contributed by atoms with van der Waals surface area (Å²) in [4.78, 5) is 0. The molecule has 0 heterocycles. The van der Waals surface area contributed by atoms with Gasteiger partial charge in [0.25, 0.3) is 0 Å². The molecular formula is C9H18N6S2. The molecule has 0 atom stereocenters. The van der Waals surface area contributed by atoms with Crippen LogP contribution in [0.5, 0.6) is 0 Å². The number of nitrogens with zero attached hydrogens (tertiary/aromatic N) is 2. The predicted molar refractivity (Wildman–Crippen MR) is 80.4 cm³/mol. The van der Waals surface area contributed by atoms with Crippen molar-refractivity contribution in [2.24, 2.45) is 10.2 Å². The Kier molecular flexibility index (Phi) is 9.17. The maximum Gasteiger partial charge on any atom is 0.186 e. The molecule has 0 bridgehead atoms. The normalized spacial score (nSPS) is 11.1. The monoisotopic (exact) mass is 274 g/mol. The molecule has 17 heavy (non-hydrogen) atoms. The fourth-order valence-electron chi connectivity index (χ4n) is 0.752. The second-order valence-electron chi connectivity index (χ2n) is 2.95. The predicted octanol–water partition coefficient (Wildman–Crippen LogP) is 0.316. The maximum absolute atomic E-state index is 4.94. The van der Waals surface area contributed by atoms with Crippen LogP contribution in [0.15, 0.2) is 10.2 Å². The highest BCUT2D eigenvalue weighted by Crippen LogP contribution is 1.73. The lowest BCUT2D eigenvalue weighted by molar-refractivity contribution is 0.899. The van der Waals surface area contributed by atoms with E-state index in [0.29, 0.717) is 15.9 Å². The topological polar surface area (TPSA) is 72.8 Å². The van der Waals surface area contributed by atoms with Crippen molar-refractivity contribution in [2.45, 2.75) is 20.8 Å². The molecule has 0 aliphatic carbocycles. The maximum atomic E-state index is 4.94. The van der Waals surface area contributed by atoms with E-state index >= 15 is 0 Å². The number of nitrogens with one attached hydrogen (secondary N) is 4. The van der Waals surface area contributed by atoms with Gasteiger partial charge in [0.05, 0.1) is 11.9 Å². The molecule has 0 radical (unpaired) electrons. The van der Waals surface area contributed by atoms with Crippen molar-refractivity contribution in [3.05, 3.63) is 0 Å². The third-order valence-electron chi connectivity index (χ3n) is 1.43. The summed E-state index contributed by atoms with van der Waals surface area (Å²) in [5, 5.41) is 14.7. The van der Waals surface area contributed by atoms with Gasteiger partial charge in [-0.2, -0.15) is 10.2 Å². The molecular weight excluding hydrogens is 256 g/mol. The fraction of sp³-hybridized carbons (Fsp3) is 0.556. The third-order valence-corrected chi connectivity index (χ3v) is 1.90. The molecule has 0 spiro atoms. The number of hydrogen-bond acceptors (Lipinski definition) is 4. The van der Waals surface area contributed by atoms with Crippen LogP contribution >= 0.6 is 24.4 Å². The summed E-state index contributed by atoms with van der Waals surface area (Å²) in [7, 11) is 0. The molecule has 0 saturated heterocycles. The summed E-state index contributed by atoms with van der Waals surface area (Å²) in [5.74, 6) is 0. The Morgan fingerprint density at radius 3 is 2.12 bits per heavy atom. The van der Waals surface area contributed by atoms with Crippen molar-refractivity contribution in [2.75, 3.05) is 13.1 Å². The van der Waals surface area contributed by atoms with Crippen LogP contribution in [-0.2, 0) is 0 Å². The first-order valence-electron chi connectivity index (χ1n) is 5.25. The van der Waals surface area contributed by atoms with Gasteiger partial charge in [-0.1, -0.05) is 0 Å². The SMILES string of the molecule is CCNC(=S)N/N=C/C(C)=N/NC(=S)NCC. The quantitative estimate of drug-likeness (QED) is 0.329. The van der Waals surface area contributed by atoms with Crippen LogP contribution in [0.2, 0.25) is 0 Å². The van der Waals surface area contributed by atoms with Gasteiger partial charge in [-0.25, -0.2) is 0 Å². The summed E-state index contributed by atoms with van der Waals surface area (Å²) in [6.45, 7) is 7.22. The highest BCUT2D eigenvalue weighted by molar-refractivity contribution is 7.80. The van der Waals surface area contributed by atoms with Gasteiger partial charge in [0.1, 0.15) is 0 Å². The standard InChI is InChI=1S/C9H18N6S2/c1-4-10-8(16)14-12-6-7(3)13-15-9(17)11-5-2/h6H,4-5H2,1-3H3,(H2,10,14,16)(H2,11,15,17)/b12-6+,13-7+. The second kappa shape index (κ2) is 9.91. The van der Waals surface area contributed by atoms with Crippen molar-refractivity contribution >= 4 is 46.6 Å². The van der Waals surface area contributed by atoms with Crippen molar-refractivity contribution in [3.63, 3.8) is 0 Å². The van der Waals surface area contributed by atoms with E-state index in [1.807, 2.05) is 13.8 Å². The first kappa shape index (κ1) is 15.7. The van der Waals surface area contributed by atoms with E-state index in [1.54, 1.807) is 13.1 Å². The fourth-order valence-corrected chi connectivity index (χ4v) is 1.14. The Balaban J connectivity index is 3.94. The zero-order valence-corrected chi connectivity index (χ0v) is 11.8. The Morgan fingerprint density at radius 1 is 1.06 bits per heavy atom. The van der Waals surface area contributed by atoms with E-state index < -0.39 is 0 Å². The van der Waals surface area contributed by atoms with Crippen LogP contribution in [0.3, 0.4) is 0 Å². The Labute approximate surface area is 112 Å². The minimum Gasteiger partial charge on any atom is -0.362 e. The van der Waals surface area contributed by atoms with Gasteiger partial charge < -0.3 is 10.6 Å². The number of thiocarbonyl (C=S) groups is 2. The lowest BCUT2D eigenvalue weighted by Gasteiger charge is -2.04. The number of hydrazone groups is 2. The Hall–Kier alpha value is -1.28. The van der Waals surface area contributed by atoms with Gasteiger partial charge in [-0.05, 0) is 45.2 Å². The summed E-state index contributed by atoms with van der Waals surface area (Å²) in [6.07, 6.45) is 1.55. The van der Waals surface area contributed by atoms with Gasteiger partial charge in [-0.15, -0.1) is 0 Å². The van der Waals surface area contributed by atoms with Gasteiger partial charge in [0.15, 0.2) is 10.2 Å². The lowest BCUT2D eigenvalue weighted by Crippen LogP contribution is -2.33. The van der Waals surface area contributed by atoms with Gasteiger partial charge >= 0.3 is 0 Å². The molecule has 8 heteroatoms. The number of rotatable bonds is 5. The second-order valence-corrected chi connectivity index (χ2v) is 3.77. The van der Waals surface area contributed by atoms with Gasteiger partial charge in [-0.3, -0.25) is 10.9 Å². The zero-order chi connectivity index (χ0) is 13.1. The van der Waals surface area contributed by atoms with Crippen molar-refractivity contribution in [1.29, 1.82) is 0 Å². The molecule has 96 valence electrons. The summed E-state index contributed by atoms with van der Waals surface area (Å²) in [5.41, 5.74) is 6.03. The van der Waals surface area contributed by atoms with Crippen molar-refractivity contribution < 1.29 is 0 Å². The van der Waals surface area contributed by atoms with Crippen LogP contribution in [0.4, 0.5) is 0 Å². The van der Waals surface area contributed by atoms with Crippen LogP contribution in [0.1, 0.15) is 20.8 Å². The molecule has 0 aromatic heterocycles. The average Bonchev–Trinajstić information content (AvgIpc) is 2.27. The molecule has 0 aromatic rings. The van der Waals surface area contributed by atoms with E-state index in [1.165, 1.54) is 0 Å². The number of hydrogen-bond donors (Lipinski definition) is 4. The summed E-state index contributed by atoms with van der Waals surface area (Å²) in [6, 6.07) is 0. The van der Waals surface area contributed by atoms with Crippen LogP contribution in [0, 0.1) is 0 Å². The molecule has 0 aromatic carbocycles. The van der Waals surface area contributed by atoms with Crippen LogP contribution in [-0.4, -0.2) is 35.2 Å². The smallest absolute Gasteiger partial charge is 0.186 e. The van der Waals surface area contributed by atoms with E-state index in [9.17, 15) is 0 Å². The molecule has 4 N–H and O–H groups in total. The van der Waals surface area contributed by atoms with E-state index in [4.69, 9.17) is 24.4 Å². The summed E-state index contributed by atoms with van der Waals surface area (Å²) < 4.78 is 0. The van der Waals surface area contributed by atoms with E-state index in [2.05, 4.69) is 31.7 Å². The first-order valence-corrected chi connectivity index (χ1v) is 6.06. The van der Waals surface area contributed by atoms with Crippen molar-refractivity contribution in [1.82, 2.24) is 21.5 Å². The molecule has 0 saturated carbocycles. The molecule has 0 aliphatic rings. The minimum absolute atomic E-state index is 0.479. The molecule has 6 nitrogen and oxygen atoms in total. The van der Waals surface area contributed by atoms with Crippen LogP contribution < -0.4 is 21.5 Å². The van der Waals surface area contributed by atoms with Crippen molar-refractivity contribution in [3.8, 4) is 0 Å². The molecule has 0 fully saturated rings. The Morgan fingerprint density at radius 2 is 1.59 bits per heavy atom. The molecule has 0 aliphatic heterocycles. The lowest BCUT2D eigenvalue weighted by atomic mass is 10.5. The van der Waals surface area contributed by atoms with Gasteiger partial charge in [0.2, 0.25) is 0 Å². The van der Waals surface area contributed by atoms with Gasteiger partial charge in [0, 0.05) is 13.1 Å². The molecule has 0 unspecified atom stereocenters. The van der Waals surface area contributed by atoms with E-state index in [-0.39, 0.29) is 0 Å². The highest BCUT2D eigenvalue weighted by atomic mass is 32.1. The zero-order valence-electron chi connectivity index (χ0n) is 10.2. The summed E-state index contributed by atoms with van der Waals surface area (Å²) >= 11 is 9.86. The first-order chi connectivity index (χ1) is 8.10. The molecule has 0 amide bonds. The minimum atomic E-state index is 0.479. The molecule has 0 rings (SSSR count). The highest BCUT2D eigenvalue weighted by Gasteiger charge is 1.91. The average molecular weight is 274 g/mol. The Bertz CT molecular complexity index is 313. The largest absolute Gasteiger partial charge is 0.362 e. The van der Waals surface area contributed by atoms with E-state index in [0.717, 1.165) is 13.1 Å².